The van der Waals surface area contributed by atoms with E-state index in [1.165, 1.54) is 16.8 Å². The first-order chi connectivity index (χ1) is 9.97. The number of aliphatic hydroxyl groups excluding tert-OH is 1. The largest absolute Gasteiger partial charge is 0.445 e. The Kier molecular flexibility index (Phi) is 6.68. The summed E-state index contributed by atoms with van der Waals surface area (Å²) in [5, 5.41) is 8.83. The molecule has 1 atom stereocenters. The molecule has 2 amide bonds. The Morgan fingerprint density at radius 3 is 2.43 bits per heavy atom. The first kappa shape index (κ1) is 17.0. The van der Waals surface area contributed by atoms with Gasteiger partial charge in [-0.1, -0.05) is 30.3 Å². The third-order valence-electron chi connectivity index (χ3n) is 3.24. The third kappa shape index (κ3) is 5.07. The highest BCUT2D eigenvalue weighted by Crippen LogP contribution is 2.06. The van der Waals surface area contributed by atoms with Crippen molar-refractivity contribution in [3.8, 4) is 0 Å². The highest BCUT2D eigenvalue weighted by atomic mass is 16.6. The summed E-state index contributed by atoms with van der Waals surface area (Å²) in [4.78, 5) is 26.6. The van der Waals surface area contributed by atoms with E-state index >= 15 is 0 Å². The van der Waals surface area contributed by atoms with Gasteiger partial charge in [0.1, 0.15) is 12.6 Å². The van der Waals surface area contributed by atoms with Crippen LogP contribution in [0, 0.1) is 0 Å². The lowest BCUT2D eigenvalue weighted by molar-refractivity contribution is -0.134. The van der Waals surface area contributed by atoms with Crippen molar-refractivity contribution in [1.29, 1.82) is 0 Å². The standard InChI is InChI=1S/C15H22N2O4/c1-12(14(19)16(2)9-10-18)17(3)15(20)21-11-13-7-5-4-6-8-13/h4-8,12,18H,9-11H2,1-3H3/t12-/m1/s1. The first-order valence-electron chi connectivity index (χ1n) is 6.76. The quantitative estimate of drug-likeness (QED) is 0.853. The second-order valence-electron chi connectivity index (χ2n) is 4.81. The van der Waals surface area contributed by atoms with Crippen molar-refractivity contribution in [1.82, 2.24) is 9.80 Å². The summed E-state index contributed by atoms with van der Waals surface area (Å²) in [6.07, 6.45) is -0.558. The molecule has 0 bridgehead atoms. The number of benzene rings is 1. The Morgan fingerprint density at radius 1 is 1.24 bits per heavy atom. The van der Waals surface area contributed by atoms with Gasteiger partial charge in [0.15, 0.2) is 0 Å². The fourth-order valence-electron chi connectivity index (χ4n) is 1.72. The lowest BCUT2D eigenvalue weighted by atomic mass is 10.2. The summed E-state index contributed by atoms with van der Waals surface area (Å²) in [6.45, 7) is 1.91. The number of amides is 2. The SMILES string of the molecule is C[C@H](C(=O)N(C)CCO)N(C)C(=O)OCc1ccccc1. The van der Waals surface area contributed by atoms with E-state index in [0.717, 1.165) is 5.56 Å². The normalized spacial score (nSPS) is 11.6. The first-order valence-corrected chi connectivity index (χ1v) is 6.76. The van der Waals surface area contributed by atoms with Crippen molar-refractivity contribution in [2.24, 2.45) is 0 Å². The number of carbonyl (C=O) groups is 2. The fourth-order valence-corrected chi connectivity index (χ4v) is 1.72. The molecule has 0 heterocycles. The molecule has 6 heteroatoms. The maximum atomic E-state index is 12.0. The molecule has 6 nitrogen and oxygen atoms in total. The number of rotatable bonds is 6. The summed E-state index contributed by atoms with van der Waals surface area (Å²) in [5.74, 6) is -0.247. The van der Waals surface area contributed by atoms with Crippen molar-refractivity contribution >= 4 is 12.0 Å². The predicted octanol–water partition coefficient (Wildman–Crippen LogP) is 1.09. The number of aliphatic hydroxyl groups is 1. The summed E-state index contributed by atoms with van der Waals surface area (Å²) >= 11 is 0. The van der Waals surface area contributed by atoms with Gasteiger partial charge >= 0.3 is 6.09 Å². The van der Waals surface area contributed by atoms with Crippen LogP contribution in [-0.2, 0) is 16.1 Å². The minimum absolute atomic E-state index is 0.114. The van der Waals surface area contributed by atoms with Crippen LogP contribution in [0.5, 0.6) is 0 Å². The molecule has 0 unspecified atom stereocenters. The molecular formula is C15H22N2O4. The van der Waals surface area contributed by atoms with Gasteiger partial charge in [0.05, 0.1) is 6.61 Å². The molecule has 0 aromatic heterocycles. The molecule has 1 rings (SSSR count). The van der Waals surface area contributed by atoms with Gasteiger partial charge in [-0.05, 0) is 12.5 Å². The number of nitrogens with zero attached hydrogens (tertiary/aromatic N) is 2. The number of hydrogen-bond acceptors (Lipinski definition) is 4. The molecule has 0 saturated carbocycles. The second-order valence-corrected chi connectivity index (χ2v) is 4.81. The van der Waals surface area contributed by atoms with Gasteiger partial charge in [-0.25, -0.2) is 4.79 Å². The summed E-state index contributed by atoms with van der Waals surface area (Å²) < 4.78 is 5.17. The summed E-state index contributed by atoms with van der Waals surface area (Å²) in [5.41, 5.74) is 0.885. The van der Waals surface area contributed by atoms with Crippen LogP contribution in [0.1, 0.15) is 12.5 Å². The van der Waals surface area contributed by atoms with Crippen LogP contribution < -0.4 is 0 Å². The van der Waals surface area contributed by atoms with Crippen LogP contribution in [-0.4, -0.2) is 60.2 Å². The van der Waals surface area contributed by atoms with Gasteiger partial charge in [0.25, 0.3) is 0 Å². The van der Waals surface area contributed by atoms with E-state index in [2.05, 4.69) is 0 Å². The third-order valence-corrected chi connectivity index (χ3v) is 3.24. The van der Waals surface area contributed by atoms with E-state index in [4.69, 9.17) is 9.84 Å². The number of carbonyl (C=O) groups excluding carboxylic acids is 2. The lowest BCUT2D eigenvalue weighted by Crippen LogP contribution is -2.47. The van der Waals surface area contributed by atoms with E-state index in [1.807, 2.05) is 30.3 Å². The zero-order valence-corrected chi connectivity index (χ0v) is 12.7. The fraction of sp³-hybridized carbons (Fsp3) is 0.467. The zero-order valence-electron chi connectivity index (χ0n) is 12.7. The molecule has 1 N–H and O–H groups in total. The van der Waals surface area contributed by atoms with E-state index in [-0.39, 0.29) is 25.7 Å². The Labute approximate surface area is 124 Å². The van der Waals surface area contributed by atoms with Crippen molar-refractivity contribution in [2.75, 3.05) is 27.2 Å². The second kappa shape index (κ2) is 8.26. The maximum absolute atomic E-state index is 12.0. The topological polar surface area (TPSA) is 70.1 Å². The van der Waals surface area contributed by atoms with Crippen molar-refractivity contribution in [3.05, 3.63) is 35.9 Å². The Bertz CT molecular complexity index is 464. The van der Waals surface area contributed by atoms with Crippen LogP contribution in [0.3, 0.4) is 0 Å². The van der Waals surface area contributed by atoms with E-state index in [0.29, 0.717) is 0 Å². The highest BCUT2D eigenvalue weighted by Gasteiger charge is 2.25. The molecule has 0 saturated heterocycles. The van der Waals surface area contributed by atoms with Gasteiger partial charge in [-0.2, -0.15) is 0 Å². The predicted molar refractivity (Wildman–Crippen MR) is 78.6 cm³/mol. The van der Waals surface area contributed by atoms with Crippen LogP contribution in [0.15, 0.2) is 30.3 Å². The van der Waals surface area contributed by atoms with Gasteiger partial charge in [0, 0.05) is 20.6 Å². The van der Waals surface area contributed by atoms with Gasteiger partial charge < -0.3 is 14.7 Å². The van der Waals surface area contributed by atoms with E-state index < -0.39 is 12.1 Å². The van der Waals surface area contributed by atoms with Crippen LogP contribution in [0.25, 0.3) is 0 Å². The Morgan fingerprint density at radius 2 is 1.86 bits per heavy atom. The number of hydrogen-bond donors (Lipinski definition) is 1. The summed E-state index contributed by atoms with van der Waals surface area (Å²) in [7, 11) is 3.10. The average molecular weight is 294 g/mol. The molecule has 1 aromatic carbocycles. The molecule has 0 aliphatic heterocycles. The van der Waals surface area contributed by atoms with Crippen molar-refractivity contribution in [2.45, 2.75) is 19.6 Å². The minimum atomic E-state index is -0.648. The van der Waals surface area contributed by atoms with E-state index in [9.17, 15) is 9.59 Å². The minimum Gasteiger partial charge on any atom is -0.445 e. The van der Waals surface area contributed by atoms with Crippen LogP contribution >= 0.6 is 0 Å². The highest BCUT2D eigenvalue weighted by molar-refractivity contribution is 5.85. The molecular weight excluding hydrogens is 272 g/mol. The molecule has 21 heavy (non-hydrogen) atoms. The van der Waals surface area contributed by atoms with Crippen LogP contribution in [0.4, 0.5) is 4.79 Å². The molecule has 1 aromatic rings. The average Bonchev–Trinajstić information content (AvgIpc) is 2.51. The van der Waals surface area contributed by atoms with Gasteiger partial charge in [-0.3, -0.25) is 9.69 Å². The smallest absolute Gasteiger partial charge is 0.410 e. The molecule has 116 valence electrons. The lowest BCUT2D eigenvalue weighted by Gasteiger charge is -2.27. The van der Waals surface area contributed by atoms with Crippen molar-refractivity contribution < 1.29 is 19.4 Å². The zero-order chi connectivity index (χ0) is 15.8. The number of ether oxygens (including phenoxy) is 1. The molecule has 0 radical (unpaired) electrons. The molecule has 0 fully saturated rings. The Balaban J connectivity index is 2.51. The summed E-state index contributed by atoms with van der Waals surface area (Å²) in [6, 6.07) is 8.68. The maximum Gasteiger partial charge on any atom is 0.410 e. The van der Waals surface area contributed by atoms with E-state index in [1.54, 1.807) is 14.0 Å². The number of likely N-dealkylation sites (N-methyl/N-ethyl adjacent to an activating group) is 2. The monoisotopic (exact) mass is 294 g/mol. The molecule has 0 aliphatic rings. The molecule has 0 spiro atoms. The van der Waals surface area contributed by atoms with Crippen molar-refractivity contribution in [3.63, 3.8) is 0 Å². The van der Waals surface area contributed by atoms with Gasteiger partial charge in [0.2, 0.25) is 5.91 Å². The van der Waals surface area contributed by atoms with Gasteiger partial charge in [-0.15, -0.1) is 0 Å². The van der Waals surface area contributed by atoms with Crippen LogP contribution in [0.2, 0.25) is 0 Å². The Hall–Kier alpha value is -2.08. The molecule has 0 aliphatic carbocycles.